The lowest BCUT2D eigenvalue weighted by atomic mass is 10.2. The van der Waals surface area contributed by atoms with E-state index >= 15 is 0 Å². The molecule has 1 aliphatic heterocycles. The van der Waals surface area contributed by atoms with Crippen molar-refractivity contribution < 1.29 is 9.59 Å². The van der Waals surface area contributed by atoms with Crippen LogP contribution in [0.25, 0.3) is 0 Å². The van der Waals surface area contributed by atoms with Gasteiger partial charge in [-0.2, -0.15) is 0 Å². The van der Waals surface area contributed by atoms with Gasteiger partial charge in [-0.1, -0.05) is 18.2 Å². The van der Waals surface area contributed by atoms with Gasteiger partial charge in [0.25, 0.3) is 0 Å². The average Bonchev–Trinajstić information content (AvgIpc) is 3.47. The quantitative estimate of drug-likeness (QED) is 0.799. The molecule has 1 aliphatic carbocycles. The van der Waals surface area contributed by atoms with Gasteiger partial charge in [-0.15, -0.1) is 0 Å². The van der Waals surface area contributed by atoms with E-state index in [-0.39, 0.29) is 17.9 Å². The first-order valence-electron chi connectivity index (χ1n) is 9.70. The zero-order valence-corrected chi connectivity index (χ0v) is 15.9. The number of rotatable bonds is 7. The lowest BCUT2D eigenvalue weighted by molar-refractivity contribution is -0.127. The lowest BCUT2D eigenvalue weighted by Crippen LogP contribution is -2.55. The largest absolute Gasteiger partial charge is 0.352 e. The summed E-state index contributed by atoms with van der Waals surface area (Å²) in [7, 11) is 0. The highest BCUT2D eigenvalue weighted by Gasteiger charge is 2.30. The van der Waals surface area contributed by atoms with Gasteiger partial charge in [0.15, 0.2) is 0 Å². The SMILES string of the molecule is CCN(C(=O)CN1CCN(C(C)C(=O)NC2CC2)CC1)c1ccccc1. The molecular formula is C20H30N4O2. The summed E-state index contributed by atoms with van der Waals surface area (Å²) >= 11 is 0. The fraction of sp³-hybridized carbons (Fsp3) is 0.600. The van der Waals surface area contributed by atoms with Crippen LogP contribution in [0.1, 0.15) is 26.7 Å². The summed E-state index contributed by atoms with van der Waals surface area (Å²) in [4.78, 5) is 31.1. The molecule has 1 saturated carbocycles. The molecule has 1 N–H and O–H groups in total. The van der Waals surface area contributed by atoms with Crippen molar-refractivity contribution in [2.45, 2.75) is 38.8 Å². The third kappa shape index (κ3) is 4.83. The molecule has 1 heterocycles. The number of benzene rings is 1. The van der Waals surface area contributed by atoms with Crippen molar-refractivity contribution in [3.05, 3.63) is 30.3 Å². The highest BCUT2D eigenvalue weighted by Crippen LogP contribution is 2.19. The number of anilines is 1. The second kappa shape index (κ2) is 8.64. The van der Waals surface area contributed by atoms with Crippen LogP contribution < -0.4 is 10.2 Å². The summed E-state index contributed by atoms with van der Waals surface area (Å²) in [6.45, 7) is 8.36. The highest BCUT2D eigenvalue weighted by molar-refractivity contribution is 5.94. The molecule has 0 spiro atoms. The number of carbonyl (C=O) groups excluding carboxylic acids is 2. The van der Waals surface area contributed by atoms with Crippen molar-refractivity contribution in [3.8, 4) is 0 Å². The Labute approximate surface area is 156 Å². The number of hydrogen-bond donors (Lipinski definition) is 1. The fourth-order valence-corrected chi connectivity index (χ4v) is 3.41. The number of nitrogens with zero attached hydrogens (tertiary/aromatic N) is 3. The van der Waals surface area contributed by atoms with Gasteiger partial charge in [-0.05, 0) is 38.8 Å². The molecule has 1 aromatic carbocycles. The molecule has 0 bridgehead atoms. The zero-order chi connectivity index (χ0) is 18.5. The van der Waals surface area contributed by atoms with Crippen LogP contribution in [0.3, 0.4) is 0 Å². The first-order chi connectivity index (χ1) is 12.6. The Kier molecular flexibility index (Phi) is 6.27. The van der Waals surface area contributed by atoms with Crippen molar-refractivity contribution in [3.63, 3.8) is 0 Å². The summed E-state index contributed by atoms with van der Waals surface area (Å²) in [5.74, 6) is 0.268. The number of piperazine rings is 1. The van der Waals surface area contributed by atoms with Gasteiger partial charge >= 0.3 is 0 Å². The molecule has 1 atom stereocenters. The standard InChI is InChI=1S/C20H30N4O2/c1-3-24(18-7-5-4-6-8-18)19(25)15-22-11-13-23(14-12-22)16(2)20(26)21-17-9-10-17/h4-8,16-17H,3,9-15H2,1-2H3,(H,21,26). The van der Waals surface area contributed by atoms with Gasteiger partial charge in [-0.25, -0.2) is 0 Å². The molecule has 1 saturated heterocycles. The minimum absolute atomic E-state index is 0.0927. The molecule has 1 aromatic rings. The Morgan fingerprint density at radius 3 is 2.38 bits per heavy atom. The van der Waals surface area contributed by atoms with E-state index in [0.717, 1.165) is 44.7 Å². The van der Waals surface area contributed by atoms with Crippen LogP contribution in [-0.4, -0.2) is 73.0 Å². The third-order valence-electron chi connectivity index (χ3n) is 5.30. The molecule has 6 heteroatoms. The Hall–Kier alpha value is -1.92. The third-order valence-corrected chi connectivity index (χ3v) is 5.30. The maximum Gasteiger partial charge on any atom is 0.241 e. The molecule has 2 aliphatic rings. The number of hydrogen-bond acceptors (Lipinski definition) is 4. The van der Waals surface area contributed by atoms with Crippen LogP contribution in [0.4, 0.5) is 5.69 Å². The van der Waals surface area contributed by atoms with Crippen LogP contribution in [-0.2, 0) is 9.59 Å². The van der Waals surface area contributed by atoms with E-state index in [0.29, 0.717) is 19.1 Å². The second-order valence-corrected chi connectivity index (χ2v) is 7.24. The Morgan fingerprint density at radius 1 is 1.15 bits per heavy atom. The molecule has 142 valence electrons. The Bertz CT molecular complexity index is 609. The molecule has 3 rings (SSSR count). The predicted octanol–water partition coefficient (Wildman–Crippen LogP) is 1.32. The van der Waals surface area contributed by atoms with Gasteiger partial charge in [0.05, 0.1) is 12.6 Å². The number of nitrogens with one attached hydrogen (secondary N) is 1. The number of likely N-dealkylation sites (N-methyl/N-ethyl adjacent to an activating group) is 1. The van der Waals surface area contributed by atoms with Gasteiger partial charge < -0.3 is 10.2 Å². The van der Waals surface area contributed by atoms with E-state index in [1.165, 1.54) is 0 Å². The van der Waals surface area contributed by atoms with Crippen molar-refractivity contribution in [1.82, 2.24) is 15.1 Å². The number of carbonyl (C=O) groups is 2. The molecule has 6 nitrogen and oxygen atoms in total. The first kappa shape index (κ1) is 18.9. The maximum atomic E-state index is 12.7. The van der Waals surface area contributed by atoms with Crippen LogP contribution >= 0.6 is 0 Å². The van der Waals surface area contributed by atoms with Crippen molar-refractivity contribution in [1.29, 1.82) is 0 Å². The van der Waals surface area contributed by atoms with Gasteiger partial charge in [0, 0.05) is 44.5 Å². The van der Waals surface area contributed by atoms with Crippen LogP contribution in [0.5, 0.6) is 0 Å². The van der Waals surface area contributed by atoms with E-state index in [2.05, 4.69) is 15.1 Å². The first-order valence-corrected chi connectivity index (χ1v) is 9.70. The molecule has 0 radical (unpaired) electrons. The summed E-state index contributed by atoms with van der Waals surface area (Å²) in [6.07, 6.45) is 2.23. The predicted molar refractivity (Wildman–Crippen MR) is 103 cm³/mol. The summed E-state index contributed by atoms with van der Waals surface area (Å²) in [6, 6.07) is 10.1. The summed E-state index contributed by atoms with van der Waals surface area (Å²) in [5.41, 5.74) is 0.948. The second-order valence-electron chi connectivity index (χ2n) is 7.24. The summed E-state index contributed by atoms with van der Waals surface area (Å²) in [5, 5.41) is 3.08. The molecular weight excluding hydrogens is 328 g/mol. The Balaban J connectivity index is 1.47. The normalized spacial score (nSPS) is 19.8. The van der Waals surface area contributed by atoms with E-state index in [1.807, 2.05) is 49.1 Å². The molecule has 0 aromatic heterocycles. The van der Waals surface area contributed by atoms with E-state index in [9.17, 15) is 9.59 Å². The number of amides is 2. The van der Waals surface area contributed by atoms with Crippen molar-refractivity contribution >= 4 is 17.5 Å². The minimum atomic E-state index is -0.0927. The molecule has 1 unspecified atom stereocenters. The molecule has 2 amide bonds. The van der Waals surface area contributed by atoms with E-state index in [1.54, 1.807) is 0 Å². The van der Waals surface area contributed by atoms with Crippen LogP contribution in [0.2, 0.25) is 0 Å². The minimum Gasteiger partial charge on any atom is -0.352 e. The van der Waals surface area contributed by atoms with Gasteiger partial charge in [-0.3, -0.25) is 19.4 Å². The molecule has 2 fully saturated rings. The highest BCUT2D eigenvalue weighted by atomic mass is 16.2. The van der Waals surface area contributed by atoms with Crippen molar-refractivity contribution in [2.24, 2.45) is 0 Å². The monoisotopic (exact) mass is 358 g/mol. The summed E-state index contributed by atoms with van der Waals surface area (Å²) < 4.78 is 0. The van der Waals surface area contributed by atoms with Gasteiger partial charge in [0.1, 0.15) is 0 Å². The fourth-order valence-electron chi connectivity index (χ4n) is 3.41. The smallest absolute Gasteiger partial charge is 0.241 e. The van der Waals surface area contributed by atoms with Crippen LogP contribution in [0, 0.1) is 0 Å². The van der Waals surface area contributed by atoms with E-state index < -0.39 is 0 Å². The van der Waals surface area contributed by atoms with Gasteiger partial charge in [0.2, 0.25) is 11.8 Å². The van der Waals surface area contributed by atoms with E-state index in [4.69, 9.17) is 0 Å². The molecule has 26 heavy (non-hydrogen) atoms. The van der Waals surface area contributed by atoms with Crippen LogP contribution in [0.15, 0.2) is 30.3 Å². The topological polar surface area (TPSA) is 55.9 Å². The average molecular weight is 358 g/mol. The zero-order valence-electron chi connectivity index (χ0n) is 15.9. The maximum absolute atomic E-state index is 12.7. The lowest BCUT2D eigenvalue weighted by Gasteiger charge is -2.37. The number of para-hydroxylation sites is 1. The Morgan fingerprint density at radius 2 is 1.81 bits per heavy atom. The van der Waals surface area contributed by atoms with Crippen molar-refractivity contribution in [2.75, 3.05) is 44.2 Å².